The van der Waals surface area contributed by atoms with Crippen LogP contribution in [-0.4, -0.2) is 36.5 Å². The average molecular weight is 299 g/mol. The number of nitro benzene ring substituents is 1. The molecule has 8 nitrogen and oxygen atoms in total. The number of carbonyl (C=O) groups is 2. The molecule has 0 aliphatic rings. The highest BCUT2D eigenvalue weighted by Gasteiger charge is 2.17. The van der Waals surface area contributed by atoms with Gasteiger partial charge < -0.3 is 5.11 Å². The Morgan fingerprint density at radius 1 is 1.35 bits per heavy atom. The smallest absolute Gasteiger partial charge is 0.376 e. The van der Waals surface area contributed by atoms with E-state index in [4.69, 9.17) is 5.11 Å². The topological polar surface area (TPSA) is 132 Å². The van der Waals surface area contributed by atoms with Crippen LogP contribution < -0.4 is 0 Å². The van der Waals surface area contributed by atoms with Gasteiger partial charge >= 0.3 is 5.97 Å². The van der Waals surface area contributed by atoms with Crippen molar-refractivity contribution in [2.24, 2.45) is 0 Å². The minimum atomic E-state index is -3.61. The molecule has 0 aliphatic heterocycles. The maximum absolute atomic E-state index is 11.3. The second-order valence-electron chi connectivity index (χ2n) is 3.75. The molecule has 0 aromatic heterocycles. The van der Waals surface area contributed by atoms with Crippen LogP contribution in [0.1, 0.15) is 5.56 Å². The van der Waals surface area contributed by atoms with E-state index in [9.17, 15) is 28.1 Å². The maximum atomic E-state index is 11.3. The van der Waals surface area contributed by atoms with Gasteiger partial charge in [-0.05, 0) is 24.3 Å². The van der Waals surface area contributed by atoms with Crippen molar-refractivity contribution >= 4 is 33.4 Å². The lowest BCUT2D eigenvalue weighted by molar-refractivity contribution is -0.385. The van der Waals surface area contributed by atoms with Crippen LogP contribution in [0.25, 0.3) is 6.08 Å². The highest BCUT2D eigenvalue weighted by atomic mass is 32.2. The molecular formula is C11H9NO7S. The molecule has 0 saturated carbocycles. The van der Waals surface area contributed by atoms with Gasteiger partial charge in [0.15, 0.2) is 9.84 Å². The molecule has 0 radical (unpaired) electrons. The number of carboxylic acids is 1. The SMILES string of the molecule is CS(=O)(=O)c1ccc(/C=C/C(=O)C(=O)O)c([N+](=O)[O-])c1. The first-order chi connectivity index (χ1) is 9.12. The van der Waals surface area contributed by atoms with Crippen LogP contribution in [0, 0.1) is 10.1 Å². The predicted octanol–water partition coefficient (Wildman–Crippen LogP) is 0.665. The van der Waals surface area contributed by atoms with E-state index in [0.29, 0.717) is 6.08 Å². The van der Waals surface area contributed by atoms with Crippen LogP contribution in [-0.2, 0) is 19.4 Å². The van der Waals surface area contributed by atoms with E-state index in [1.165, 1.54) is 0 Å². The molecule has 9 heteroatoms. The lowest BCUT2D eigenvalue weighted by Gasteiger charge is -2.01. The van der Waals surface area contributed by atoms with Crippen LogP contribution in [0.5, 0.6) is 0 Å². The number of hydrogen-bond acceptors (Lipinski definition) is 6. The summed E-state index contributed by atoms with van der Waals surface area (Å²) in [4.78, 5) is 31.0. The van der Waals surface area contributed by atoms with Gasteiger partial charge in [-0.3, -0.25) is 14.9 Å². The van der Waals surface area contributed by atoms with Crippen molar-refractivity contribution in [1.29, 1.82) is 0 Å². The summed E-state index contributed by atoms with van der Waals surface area (Å²) in [5.41, 5.74) is -0.612. The zero-order chi connectivity index (χ0) is 15.5. The number of benzene rings is 1. The van der Waals surface area contributed by atoms with Crippen molar-refractivity contribution in [1.82, 2.24) is 0 Å². The Morgan fingerprint density at radius 2 is 1.95 bits per heavy atom. The number of sulfone groups is 1. The second kappa shape index (κ2) is 5.61. The van der Waals surface area contributed by atoms with Gasteiger partial charge in [0.05, 0.1) is 15.4 Å². The van der Waals surface area contributed by atoms with Gasteiger partial charge in [-0.15, -0.1) is 0 Å². The van der Waals surface area contributed by atoms with E-state index in [1.807, 2.05) is 0 Å². The Morgan fingerprint density at radius 3 is 2.40 bits per heavy atom. The Balaban J connectivity index is 3.32. The third kappa shape index (κ3) is 3.72. The summed E-state index contributed by atoms with van der Waals surface area (Å²) in [5, 5.41) is 19.2. The quantitative estimate of drug-likeness (QED) is 0.365. The van der Waals surface area contributed by atoms with E-state index in [-0.39, 0.29) is 10.5 Å². The summed E-state index contributed by atoms with van der Waals surface area (Å²) in [6.07, 6.45) is 2.50. The van der Waals surface area contributed by atoms with E-state index in [2.05, 4.69) is 0 Å². The third-order valence-electron chi connectivity index (χ3n) is 2.25. The molecule has 0 amide bonds. The molecule has 0 heterocycles. The highest BCUT2D eigenvalue weighted by molar-refractivity contribution is 7.90. The number of nitrogens with zero attached hydrogens (tertiary/aromatic N) is 1. The van der Waals surface area contributed by atoms with Crippen molar-refractivity contribution in [3.05, 3.63) is 40.0 Å². The standard InChI is InChI=1S/C11H9NO7S/c1-20(18,19)8-4-2-7(9(6-8)12(16)17)3-5-10(13)11(14)15/h2-6H,1H3,(H,14,15)/b5-3+. The number of hydrogen-bond donors (Lipinski definition) is 1. The van der Waals surface area contributed by atoms with Crippen LogP contribution in [0.2, 0.25) is 0 Å². The second-order valence-corrected chi connectivity index (χ2v) is 5.77. The van der Waals surface area contributed by atoms with Crippen molar-refractivity contribution in [2.75, 3.05) is 6.26 Å². The first-order valence-corrected chi connectivity index (χ1v) is 6.96. The van der Waals surface area contributed by atoms with Gasteiger partial charge in [-0.1, -0.05) is 0 Å². The van der Waals surface area contributed by atoms with E-state index >= 15 is 0 Å². The monoisotopic (exact) mass is 299 g/mol. The number of carbonyl (C=O) groups excluding carboxylic acids is 1. The molecule has 106 valence electrons. The first kappa shape index (κ1) is 15.5. The van der Waals surface area contributed by atoms with Crippen molar-refractivity contribution in [3.63, 3.8) is 0 Å². The number of carboxylic acid groups (broad SMARTS) is 1. The van der Waals surface area contributed by atoms with Gasteiger partial charge in [-0.25, -0.2) is 13.2 Å². The van der Waals surface area contributed by atoms with Crippen LogP contribution in [0.15, 0.2) is 29.2 Å². The van der Waals surface area contributed by atoms with Crippen molar-refractivity contribution in [2.45, 2.75) is 4.90 Å². The van der Waals surface area contributed by atoms with E-state index in [0.717, 1.165) is 30.5 Å². The van der Waals surface area contributed by atoms with Gasteiger partial charge in [0.1, 0.15) is 0 Å². The summed E-state index contributed by atoms with van der Waals surface area (Å²) in [5.74, 6) is -2.94. The van der Waals surface area contributed by atoms with Crippen molar-refractivity contribution in [3.8, 4) is 0 Å². The van der Waals surface area contributed by atoms with E-state index in [1.54, 1.807) is 0 Å². The zero-order valence-corrected chi connectivity index (χ0v) is 11.0. The average Bonchev–Trinajstić information content (AvgIpc) is 2.34. The number of aliphatic carboxylic acids is 1. The minimum Gasteiger partial charge on any atom is -0.475 e. The molecule has 0 atom stereocenters. The van der Waals surface area contributed by atoms with E-state index < -0.39 is 32.2 Å². The Kier molecular flexibility index (Phi) is 4.35. The van der Waals surface area contributed by atoms with Gasteiger partial charge in [-0.2, -0.15) is 0 Å². The number of rotatable bonds is 5. The molecule has 1 N–H and O–H groups in total. The molecule has 1 aromatic carbocycles. The predicted molar refractivity (Wildman–Crippen MR) is 67.9 cm³/mol. The molecule has 0 fully saturated rings. The fourth-order valence-corrected chi connectivity index (χ4v) is 1.93. The van der Waals surface area contributed by atoms with Crippen molar-refractivity contribution < 1.29 is 28.0 Å². The normalized spacial score (nSPS) is 11.4. The van der Waals surface area contributed by atoms with Crippen LogP contribution >= 0.6 is 0 Å². The molecule has 0 unspecified atom stereocenters. The summed E-state index contributed by atoms with van der Waals surface area (Å²) < 4.78 is 22.6. The molecule has 0 saturated heterocycles. The summed E-state index contributed by atoms with van der Waals surface area (Å²) in [6.45, 7) is 0. The molecule has 1 aromatic rings. The molecule has 1 rings (SSSR count). The molecule has 0 aliphatic carbocycles. The number of ketones is 1. The summed E-state index contributed by atoms with van der Waals surface area (Å²) in [6, 6.07) is 3.10. The van der Waals surface area contributed by atoms with Gasteiger partial charge in [0.25, 0.3) is 11.5 Å². The van der Waals surface area contributed by atoms with Gasteiger partial charge in [0, 0.05) is 12.3 Å². The molecular weight excluding hydrogens is 290 g/mol. The Bertz CT molecular complexity index is 718. The van der Waals surface area contributed by atoms with Crippen LogP contribution in [0.3, 0.4) is 0 Å². The lowest BCUT2D eigenvalue weighted by Crippen LogP contribution is -2.08. The minimum absolute atomic E-state index is 0.0722. The fraction of sp³-hybridized carbons (Fsp3) is 0.0909. The fourth-order valence-electron chi connectivity index (χ4n) is 1.29. The first-order valence-electron chi connectivity index (χ1n) is 5.07. The molecule has 20 heavy (non-hydrogen) atoms. The maximum Gasteiger partial charge on any atom is 0.376 e. The largest absolute Gasteiger partial charge is 0.475 e. The summed E-state index contributed by atoms with van der Waals surface area (Å²) in [7, 11) is -3.61. The summed E-state index contributed by atoms with van der Waals surface area (Å²) >= 11 is 0. The molecule has 0 bridgehead atoms. The molecule has 0 spiro atoms. The Hall–Kier alpha value is -2.55. The highest BCUT2D eigenvalue weighted by Crippen LogP contribution is 2.24. The van der Waals surface area contributed by atoms with Gasteiger partial charge in [0.2, 0.25) is 0 Å². The Labute approximate surface area is 113 Å². The number of nitro groups is 1. The lowest BCUT2D eigenvalue weighted by atomic mass is 10.1. The zero-order valence-electron chi connectivity index (χ0n) is 10.1. The third-order valence-corrected chi connectivity index (χ3v) is 3.36. The van der Waals surface area contributed by atoms with Crippen LogP contribution in [0.4, 0.5) is 5.69 Å².